The second-order valence-corrected chi connectivity index (χ2v) is 3.80. The van der Waals surface area contributed by atoms with Gasteiger partial charge < -0.3 is 10.6 Å². The van der Waals surface area contributed by atoms with Crippen LogP contribution in [0.3, 0.4) is 0 Å². The Labute approximate surface area is 69.1 Å². The van der Waals surface area contributed by atoms with Crippen molar-refractivity contribution in [1.82, 2.24) is 10.6 Å². The van der Waals surface area contributed by atoms with Gasteiger partial charge in [0.1, 0.15) is 0 Å². The van der Waals surface area contributed by atoms with E-state index < -0.39 is 0 Å². The van der Waals surface area contributed by atoms with Gasteiger partial charge >= 0.3 is 0 Å². The molecule has 0 spiro atoms. The van der Waals surface area contributed by atoms with Gasteiger partial charge in [-0.05, 0) is 26.8 Å². The first kappa shape index (κ1) is 8.75. The summed E-state index contributed by atoms with van der Waals surface area (Å²) in [4.78, 5) is 0. The van der Waals surface area contributed by atoms with Gasteiger partial charge in [0.2, 0.25) is 0 Å². The summed E-state index contributed by atoms with van der Waals surface area (Å²) < 4.78 is 0. The van der Waals surface area contributed by atoms with Crippen LogP contribution < -0.4 is 10.6 Å². The molecule has 0 aromatic rings. The van der Waals surface area contributed by atoms with E-state index in [-0.39, 0.29) is 0 Å². The molecule has 0 aromatic heterocycles. The Morgan fingerprint density at radius 3 is 2.91 bits per heavy atom. The summed E-state index contributed by atoms with van der Waals surface area (Å²) in [5.41, 5.74) is 1.51. The Morgan fingerprint density at radius 2 is 2.45 bits per heavy atom. The third-order valence-electron chi connectivity index (χ3n) is 2.19. The maximum Gasteiger partial charge on any atom is 0.0292 e. The summed E-state index contributed by atoms with van der Waals surface area (Å²) in [5.74, 6) is 0. The average molecular weight is 154 g/mol. The van der Waals surface area contributed by atoms with Crippen molar-refractivity contribution >= 4 is 0 Å². The van der Waals surface area contributed by atoms with Crippen LogP contribution in [0.25, 0.3) is 0 Å². The van der Waals surface area contributed by atoms with Crippen LogP contribution in [-0.2, 0) is 0 Å². The minimum Gasteiger partial charge on any atom is -0.315 e. The molecule has 1 heterocycles. The lowest BCUT2D eigenvalue weighted by Gasteiger charge is -2.24. The van der Waals surface area contributed by atoms with Crippen molar-refractivity contribution in [3.63, 3.8) is 0 Å². The molecule has 1 rings (SSSR count). The van der Waals surface area contributed by atoms with Gasteiger partial charge in [0.25, 0.3) is 0 Å². The number of hydrogen-bond donors (Lipinski definition) is 2. The van der Waals surface area contributed by atoms with Gasteiger partial charge in [-0.2, -0.15) is 0 Å². The van der Waals surface area contributed by atoms with Gasteiger partial charge in [0, 0.05) is 18.6 Å². The molecule has 0 bridgehead atoms. The Kier molecular flexibility index (Phi) is 2.68. The summed E-state index contributed by atoms with van der Waals surface area (Å²) in [7, 11) is 0. The average Bonchev–Trinajstić information content (AvgIpc) is 2.33. The fourth-order valence-electron chi connectivity index (χ4n) is 1.33. The second kappa shape index (κ2) is 3.37. The Hall–Kier alpha value is -0.340. The molecule has 2 heteroatoms. The van der Waals surface area contributed by atoms with Crippen LogP contribution in [-0.4, -0.2) is 25.2 Å². The summed E-state index contributed by atoms with van der Waals surface area (Å²) >= 11 is 0. The largest absolute Gasteiger partial charge is 0.315 e. The van der Waals surface area contributed by atoms with Crippen molar-refractivity contribution in [2.45, 2.75) is 25.8 Å². The highest BCUT2D eigenvalue weighted by Crippen LogP contribution is 2.12. The minimum atomic E-state index is 0.305. The van der Waals surface area contributed by atoms with Crippen molar-refractivity contribution in [3.8, 4) is 0 Å². The lowest BCUT2D eigenvalue weighted by atomic mass is 10.0. The Bertz CT molecular complexity index is 146. The topological polar surface area (TPSA) is 24.1 Å². The van der Waals surface area contributed by atoms with Crippen molar-refractivity contribution < 1.29 is 0 Å². The second-order valence-electron chi connectivity index (χ2n) is 3.80. The molecule has 2 N–H and O–H groups in total. The quantitative estimate of drug-likeness (QED) is 0.590. The Morgan fingerprint density at radius 1 is 1.73 bits per heavy atom. The third kappa shape index (κ3) is 2.64. The van der Waals surface area contributed by atoms with E-state index in [1.165, 1.54) is 12.0 Å². The van der Waals surface area contributed by atoms with Crippen LogP contribution in [0.5, 0.6) is 0 Å². The molecule has 1 aliphatic heterocycles. The normalized spacial score (nSPS) is 30.7. The fourth-order valence-corrected chi connectivity index (χ4v) is 1.33. The molecule has 64 valence electrons. The molecule has 2 nitrogen and oxygen atoms in total. The van der Waals surface area contributed by atoms with Crippen LogP contribution in [0.4, 0.5) is 0 Å². The maximum atomic E-state index is 3.86. The van der Waals surface area contributed by atoms with Gasteiger partial charge in [-0.3, -0.25) is 0 Å². The zero-order valence-electron chi connectivity index (χ0n) is 7.54. The van der Waals surface area contributed by atoms with Crippen LogP contribution >= 0.6 is 0 Å². The number of nitrogens with one attached hydrogen (secondary N) is 2. The Balaban J connectivity index is 2.28. The predicted molar refractivity (Wildman–Crippen MR) is 48.7 cm³/mol. The van der Waals surface area contributed by atoms with Crippen LogP contribution in [0.15, 0.2) is 12.2 Å². The number of rotatable bonds is 3. The first-order valence-electron chi connectivity index (χ1n) is 4.22. The first-order chi connectivity index (χ1) is 5.12. The van der Waals surface area contributed by atoms with E-state index in [2.05, 4.69) is 31.1 Å². The standard InChI is InChI=1S/C9H18N2/c1-8(2)6-11-9(3)4-5-10-7-9/h10-11H,1,4-7H2,2-3H3. The van der Waals surface area contributed by atoms with E-state index in [4.69, 9.17) is 0 Å². The SMILES string of the molecule is C=C(C)CNC1(C)CCNC1. The van der Waals surface area contributed by atoms with Gasteiger partial charge in [-0.25, -0.2) is 0 Å². The lowest BCUT2D eigenvalue weighted by Crippen LogP contribution is -2.44. The maximum absolute atomic E-state index is 3.86. The van der Waals surface area contributed by atoms with Gasteiger partial charge in [0.15, 0.2) is 0 Å². The summed E-state index contributed by atoms with van der Waals surface area (Å²) in [6.07, 6.45) is 1.22. The summed E-state index contributed by atoms with van der Waals surface area (Å²) in [6.45, 7) is 11.3. The number of hydrogen-bond acceptors (Lipinski definition) is 2. The van der Waals surface area contributed by atoms with Gasteiger partial charge in [-0.1, -0.05) is 12.2 Å². The molecule has 1 fully saturated rings. The van der Waals surface area contributed by atoms with E-state index in [0.29, 0.717) is 5.54 Å². The van der Waals surface area contributed by atoms with E-state index in [1.807, 2.05) is 0 Å². The van der Waals surface area contributed by atoms with E-state index in [0.717, 1.165) is 19.6 Å². The van der Waals surface area contributed by atoms with Crippen molar-refractivity contribution in [2.75, 3.05) is 19.6 Å². The summed E-state index contributed by atoms with van der Waals surface area (Å²) in [6, 6.07) is 0. The fraction of sp³-hybridized carbons (Fsp3) is 0.778. The molecule has 1 aliphatic rings. The van der Waals surface area contributed by atoms with Crippen LogP contribution in [0.2, 0.25) is 0 Å². The molecular formula is C9H18N2. The predicted octanol–water partition coefficient (Wildman–Crippen LogP) is 0.904. The highest BCUT2D eigenvalue weighted by Gasteiger charge is 2.26. The minimum absolute atomic E-state index is 0.305. The zero-order valence-corrected chi connectivity index (χ0v) is 7.54. The molecule has 0 radical (unpaired) electrons. The van der Waals surface area contributed by atoms with E-state index >= 15 is 0 Å². The molecular weight excluding hydrogens is 136 g/mol. The highest BCUT2D eigenvalue weighted by atomic mass is 15.1. The van der Waals surface area contributed by atoms with Gasteiger partial charge in [-0.15, -0.1) is 0 Å². The monoisotopic (exact) mass is 154 g/mol. The molecule has 0 aromatic carbocycles. The smallest absolute Gasteiger partial charge is 0.0292 e. The first-order valence-corrected chi connectivity index (χ1v) is 4.22. The van der Waals surface area contributed by atoms with E-state index in [9.17, 15) is 0 Å². The molecule has 1 atom stereocenters. The molecule has 0 saturated carbocycles. The summed E-state index contributed by atoms with van der Waals surface area (Å²) in [5, 5.41) is 6.84. The highest BCUT2D eigenvalue weighted by molar-refractivity contribution is 4.98. The molecule has 0 amide bonds. The third-order valence-corrected chi connectivity index (χ3v) is 2.19. The van der Waals surface area contributed by atoms with Crippen LogP contribution in [0.1, 0.15) is 20.3 Å². The van der Waals surface area contributed by atoms with E-state index in [1.54, 1.807) is 0 Å². The van der Waals surface area contributed by atoms with Crippen molar-refractivity contribution in [1.29, 1.82) is 0 Å². The van der Waals surface area contributed by atoms with Crippen LogP contribution in [0, 0.1) is 0 Å². The zero-order chi connectivity index (χ0) is 8.32. The van der Waals surface area contributed by atoms with Crippen molar-refractivity contribution in [2.24, 2.45) is 0 Å². The van der Waals surface area contributed by atoms with Gasteiger partial charge in [0.05, 0.1) is 0 Å². The van der Waals surface area contributed by atoms with Crippen molar-refractivity contribution in [3.05, 3.63) is 12.2 Å². The molecule has 0 aliphatic carbocycles. The molecule has 1 saturated heterocycles. The lowest BCUT2D eigenvalue weighted by molar-refractivity contribution is 0.403. The molecule has 11 heavy (non-hydrogen) atoms. The molecule has 1 unspecified atom stereocenters.